The lowest BCUT2D eigenvalue weighted by molar-refractivity contribution is 0.0276. The van der Waals surface area contributed by atoms with E-state index in [-0.39, 0.29) is 0 Å². The fraction of sp³-hybridized carbons (Fsp3) is 1.00. The van der Waals surface area contributed by atoms with Crippen LogP contribution in [0.5, 0.6) is 0 Å². The minimum atomic E-state index is -2.75. The molecule has 2 aliphatic heterocycles. The van der Waals surface area contributed by atoms with Gasteiger partial charge in [-0.05, 0) is 32.6 Å². The highest BCUT2D eigenvalue weighted by Crippen LogP contribution is 2.34. The van der Waals surface area contributed by atoms with Crippen LogP contribution < -0.4 is 5.32 Å². The van der Waals surface area contributed by atoms with Crippen molar-refractivity contribution >= 4 is 9.84 Å². The second-order valence-corrected chi connectivity index (χ2v) is 9.43. The van der Waals surface area contributed by atoms with E-state index >= 15 is 0 Å². The number of hydrogen-bond acceptors (Lipinski definition) is 4. The first-order valence-electron chi connectivity index (χ1n) is 8.21. The molecule has 2 heterocycles. The quantitative estimate of drug-likeness (QED) is 0.798. The highest BCUT2D eigenvalue weighted by atomic mass is 32.2. The van der Waals surface area contributed by atoms with E-state index in [4.69, 9.17) is 0 Å². The average molecular weight is 300 g/mol. The predicted molar refractivity (Wildman–Crippen MR) is 81.7 cm³/mol. The van der Waals surface area contributed by atoms with Gasteiger partial charge in [-0.3, -0.25) is 4.90 Å². The Morgan fingerprint density at radius 3 is 2.40 bits per heavy atom. The lowest BCUT2D eigenvalue weighted by atomic mass is 9.79. The summed E-state index contributed by atoms with van der Waals surface area (Å²) in [6, 6.07) is 1.02. The molecular formula is C15H28N2O2S. The maximum Gasteiger partial charge on any atom is 0.150 e. The number of piperazine rings is 1. The highest BCUT2D eigenvalue weighted by molar-refractivity contribution is 7.91. The molecule has 0 bridgehead atoms. The molecule has 0 amide bonds. The predicted octanol–water partition coefficient (Wildman–Crippen LogP) is 1.56. The van der Waals surface area contributed by atoms with Crippen LogP contribution in [0.4, 0.5) is 0 Å². The van der Waals surface area contributed by atoms with Crippen LogP contribution in [-0.4, -0.2) is 55.5 Å². The molecule has 3 rings (SSSR count). The Morgan fingerprint density at radius 1 is 1.10 bits per heavy atom. The van der Waals surface area contributed by atoms with E-state index in [2.05, 4.69) is 17.1 Å². The Morgan fingerprint density at radius 2 is 1.75 bits per heavy atom. The van der Waals surface area contributed by atoms with Crippen LogP contribution in [0, 0.1) is 0 Å². The summed E-state index contributed by atoms with van der Waals surface area (Å²) < 4.78 is 23.2. The molecule has 1 atom stereocenters. The molecule has 0 radical (unpaired) electrons. The number of nitrogens with zero attached hydrogens (tertiary/aromatic N) is 1. The van der Waals surface area contributed by atoms with Crippen molar-refractivity contribution in [1.29, 1.82) is 0 Å². The largest absolute Gasteiger partial charge is 0.308 e. The molecule has 1 spiro atoms. The minimum Gasteiger partial charge on any atom is -0.308 e. The molecule has 0 aromatic heterocycles. The molecule has 1 saturated carbocycles. The summed E-state index contributed by atoms with van der Waals surface area (Å²) in [6.07, 6.45) is 8.32. The first-order valence-corrected chi connectivity index (χ1v) is 10.0. The van der Waals surface area contributed by atoms with E-state index in [0.29, 0.717) is 29.1 Å². The van der Waals surface area contributed by atoms with Gasteiger partial charge in [0, 0.05) is 30.7 Å². The molecule has 0 aromatic carbocycles. The molecule has 4 nitrogen and oxygen atoms in total. The summed E-state index contributed by atoms with van der Waals surface area (Å²) in [6.45, 7) is 4.47. The van der Waals surface area contributed by atoms with E-state index in [0.717, 1.165) is 25.9 Å². The van der Waals surface area contributed by atoms with Crippen LogP contribution in [-0.2, 0) is 9.84 Å². The summed E-state index contributed by atoms with van der Waals surface area (Å²) in [4.78, 5) is 2.62. The standard InChI is InChI=1S/C15H28N2O2S/c1-13-11-16-15(7-3-2-4-8-15)12-17(13)14-5-9-20(18,19)10-6-14/h13-14,16H,2-12H2,1H3. The van der Waals surface area contributed by atoms with Gasteiger partial charge in [-0.25, -0.2) is 8.42 Å². The van der Waals surface area contributed by atoms with E-state index in [1.807, 2.05) is 0 Å². The molecule has 1 aliphatic carbocycles. The van der Waals surface area contributed by atoms with Gasteiger partial charge in [0.25, 0.3) is 0 Å². The molecule has 2 saturated heterocycles. The van der Waals surface area contributed by atoms with Crippen molar-refractivity contribution in [3.8, 4) is 0 Å². The van der Waals surface area contributed by atoms with Gasteiger partial charge in [0.05, 0.1) is 11.5 Å². The number of nitrogens with one attached hydrogen (secondary N) is 1. The van der Waals surface area contributed by atoms with E-state index in [9.17, 15) is 8.42 Å². The zero-order valence-corrected chi connectivity index (χ0v) is 13.4. The van der Waals surface area contributed by atoms with Gasteiger partial charge in [0.2, 0.25) is 0 Å². The zero-order chi connectivity index (χ0) is 14.2. The average Bonchev–Trinajstić information content (AvgIpc) is 2.43. The molecule has 3 fully saturated rings. The molecule has 20 heavy (non-hydrogen) atoms. The molecule has 0 aromatic rings. The van der Waals surface area contributed by atoms with E-state index in [1.54, 1.807) is 0 Å². The van der Waals surface area contributed by atoms with Crippen LogP contribution in [0.25, 0.3) is 0 Å². The molecule has 116 valence electrons. The Hall–Kier alpha value is -0.130. The van der Waals surface area contributed by atoms with E-state index in [1.165, 1.54) is 32.1 Å². The van der Waals surface area contributed by atoms with Crippen molar-refractivity contribution in [3.63, 3.8) is 0 Å². The van der Waals surface area contributed by atoms with Crippen LogP contribution in [0.1, 0.15) is 51.9 Å². The molecule has 3 aliphatic rings. The third kappa shape index (κ3) is 3.04. The van der Waals surface area contributed by atoms with Crippen molar-refractivity contribution < 1.29 is 8.42 Å². The number of sulfone groups is 1. The Labute approximate surface area is 123 Å². The minimum absolute atomic E-state index is 0.321. The smallest absolute Gasteiger partial charge is 0.150 e. The molecule has 1 unspecified atom stereocenters. The SMILES string of the molecule is CC1CNC2(CCCCC2)CN1C1CCS(=O)(=O)CC1. The summed E-state index contributed by atoms with van der Waals surface area (Å²) in [5.74, 6) is 0.780. The van der Waals surface area contributed by atoms with E-state index < -0.39 is 9.84 Å². The van der Waals surface area contributed by atoms with Gasteiger partial charge >= 0.3 is 0 Å². The van der Waals surface area contributed by atoms with Crippen molar-refractivity contribution in [2.24, 2.45) is 0 Å². The number of hydrogen-bond donors (Lipinski definition) is 1. The Bertz CT molecular complexity index is 429. The summed E-state index contributed by atoms with van der Waals surface area (Å²) in [5, 5.41) is 3.81. The van der Waals surface area contributed by atoms with Crippen LogP contribution in [0.2, 0.25) is 0 Å². The van der Waals surface area contributed by atoms with Crippen LogP contribution in [0.15, 0.2) is 0 Å². The second kappa shape index (κ2) is 5.58. The van der Waals surface area contributed by atoms with Crippen molar-refractivity contribution in [1.82, 2.24) is 10.2 Å². The number of rotatable bonds is 1. The lowest BCUT2D eigenvalue weighted by Crippen LogP contribution is -2.66. The maximum absolute atomic E-state index is 11.6. The third-order valence-corrected chi connectivity index (χ3v) is 7.34. The second-order valence-electron chi connectivity index (χ2n) is 7.13. The zero-order valence-electron chi connectivity index (χ0n) is 12.6. The van der Waals surface area contributed by atoms with Crippen LogP contribution in [0.3, 0.4) is 0 Å². The topological polar surface area (TPSA) is 49.4 Å². The normalized spacial score (nSPS) is 35.1. The summed E-state index contributed by atoms with van der Waals surface area (Å²) >= 11 is 0. The van der Waals surface area contributed by atoms with Crippen molar-refractivity contribution in [3.05, 3.63) is 0 Å². The first kappa shape index (κ1) is 14.8. The molecular weight excluding hydrogens is 272 g/mol. The van der Waals surface area contributed by atoms with Gasteiger partial charge in [-0.2, -0.15) is 0 Å². The van der Waals surface area contributed by atoms with Crippen molar-refractivity contribution in [2.75, 3.05) is 24.6 Å². The Balaban J connectivity index is 1.68. The summed E-state index contributed by atoms with van der Waals surface area (Å²) in [5.41, 5.74) is 0.321. The van der Waals surface area contributed by atoms with Crippen molar-refractivity contribution in [2.45, 2.75) is 69.5 Å². The lowest BCUT2D eigenvalue weighted by Gasteiger charge is -2.52. The highest BCUT2D eigenvalue weighted by Gasteiger charge is 2.41. The molecule has 1 N–H and O–H groups in total. The van der Waals surface area contributed by atoms with Gasteiger partial charge in [0.15, 0.2) is 0 Å². The monoisotopic (exact) mass is 300 g/mol. The molecule has 5 heteroatoms. The van der Waals surface area contributed by atoms with Gasteiger partial charge in [0.1, 0.15) is 9.84 Å². The van der Waals surface area contributed by atoms with Gasteiger partial charge in [-0.1, -0.05) is 19.3 Å². The summed E-state index contributed by atoms with van der Waals surface area (Å²) in [7, 11) is -2.75. The Kier molecular flexibility index (Phi) is 4.13. The first-order chi connectivity index (χ1) is 9.50. The third-order valence-electron chi connectivity index (χ3n) is 5.63. The fourth-order valence-corrected chi connectivity index (χ4v) is 5.77. The maximum atomic E-state index is 11.6. The fourth-order valence-electron chi connectivity index (χ4n) is 4.30. The van der Waals surface area contributed by atoms with Gasteiger partial charge in [-0.15, -0.1) is 0 Å². The van der Waals surface area contributed by atoms with Crippen LogP contribution >= 0.6 is 0 Å². The van der Waals surface area contributed by atoms with Gasteiger partial charge < -0.3 is 5.32 Å².